The lowest BCUT2D eigenvalue weighted by Crippen LogP contribution is -2.13. The number of benzene rings is 2. The summed E-state index contributed by atoms with van der Waals surface area (Å²) in [6, 6.07) is 13.1. The van der Waals surface area contributed by atoms with E-state index in [2.05, 4.69) is 24.2 Å². The molecule has 0 unspecified atom stereocenters. The first-order valence-corrected chi connectivity index (χ1v) is 11.1. The van der Waals surface area contributed by atoms with Gasteiger partial charge in [0.05, 0.1) is 13.7 Å². The molecule has 0 atom stereocenters. The summed E-state index contributed by atoms with van der Waals surface area (Å²) in [5.41, 5.74) is 2.45. The number of nitrogens with one attached hydrogen (secondary N) is 1. The Labute approximate surface area is 182 Å². The predicted octanol–water partition coefficient (Wildman–Crippen LogP) is 5.53. The standard InChI is InChI=1S/C24H28N2O3S/c1-17(2)16-29-22-12-6-18(15-23(22)28-3)5-11-21(27)19-7-9-20(10-8-19)26-24-25-13-4-14-30-24/h5-12,15,17H,4,13-14,16H2,1-3H3,(H,25,26)/b11-5+. The molecule has 158 valence electrons. The highest BCUT2D eigenvalue weighted by Crippen LogP contribution is 2.29. The Morgan fingerprint density at radius 3 is 2.67 bits per heavy atom. The van der Waals surface area contributed by atoms with E-state index in [1.807, 2.05) is 42.5 Å². The van der Waals surface area contributed by atoms with E-state index in [4.69, 9.17) is 9.47 Å². The molecule has 0 bridgehead atoms. The minimum absolute atomic E-state index is 0.0509. The predicted molar refractivity (Wildman–Crippen MR) is 126 cm³/mol. The summed E-state index contributed by atoms with van der Waals surface area (Å²) in [6.45, 7) is 5.69. The summed E-state index contributed by atoms with van der Waals surface area (Å²) >= 11 is 1.72. The molecular weight excluding hydrogens is 396 g/mol. The number of anilines is 1. The van der Waals surface area contributed by atoms with Gasteiger partial charge >= 0.3 is 0 Å². The van der Waals surface area contributed by atoms with Crippen molar-refractivity contribution in [3.63, 3.8) is 0 Å². The van der Waals surface area contributed by atoms with Crippen LogP contribution in [0.15, 0.2) is 53.5 Å². The third-order valence-corrected chi connectivity index (χ3v) is 5.40. The summed E-state index contributed by atoms with van der Waals surface area (Å²) in [7, 11) is 1.61. The number of aliphatic imine (C=N–C) groups is 1. The Kier molecular flexibility index (Phi) is 7.97. The van der Waals surface area contributed by atoms with Crippen LogP contribution in [0.2, 0.25) is 0 Å². The van der Waals surface area contributed by atoms with Crippen LogP contribution in [0.1, 0.15) is 36.2 Å². The SMILES string of the molecule is COc1cc(/C=C/C(=O)c2ccc(NC3=NCCCS3)cc2)ccc1OCC(C)C. The number of carbonyl (C=O) groups is 1. The molecule has 30 heavy (non-hydrogen) atoms. The molecule has 6 heteroatoms. The number of thioether (sulfide) groups is 1. The fourth-order valence-corrected chi connectivity index (χ4v) is 3.65. The Morgan fingerprint density at radius 2 is 2.00 bits per heavy atom. The number of hydrogen-bond acceptors (Lipinski definition) is 6. The molecule has 0 spiro atoms. The van der Waals surface area contributed by atoms with Crippen LogP contribution in [-0.4, -0.2) is 37.0 Å². The zero-order valence-electron chi connectivity index (χ0n) is 17.7. The number of methoxy groups -OCH3 is 1. The zero-order chi connectivity index (χ0) is 21.3. The summed E-state index contributed by atoms with van der Waals surface area (Å²) in [4.78, 5) is 17.0. The van der Waals surface area contributed by atoms with Crippen molar-refractivity contribution in [2.75, 3.05) is 31.3 Å². The van der Waals surface area contributed by atoms with E-state index in [1.165, 1.54) is 0 Å². The van der Waals surface area contributed by atoms with Gasteiger partial charge in [-0.2, -0.15) is 0 Å². The van der Waals surface area contributed by atoms with Crippen LogP contribution >= 0.6 is 11.8 Å². The Balaban J connectivity index is 1.62. The molecule has 0 saturated heterocycles. The number of hydrogen-bond donors (Lipinski definition) is 1. The molecule has 0 amide bonds. The maximum absolute atomic E-state index is 12.5. The van der Waals surface area contributed by atoms with Crippen LogP contribution in [0.25, 0.3) is 6.08 Å². The van der Waals surface area contributed by atoms with Crippen molar-refractivity contribution in [1.82, 2.24) is 0 Å². The molecule has 2 aromatic rings. The van der Waals surface area contributed by atoms with Crippen LogP contribution in [0, 0.1) is 5.92 Å². The van der Waals surface area contributed by atoms with Gasteiger partial charge in [0, 0.05) is 23.5 Å². The van der Waals surface area contributed by atoms with E-state index in [0.717, 1.165) is 35.1 Å². The van der Waals surface area contributed by atoms with E-state index in [9.17, 15) is 4.79 Å². The third-order valence-electron chi connectivity index (χ3n) is 4.40. The lowest BCUT2D eigenvalue weighted by molar-refractivity contribution is 0.104. The second-order valence-corrected chi connectivity index (χ2v) is 8.49. The van der Waals surface area contributed by atoms with Gasteiger partial charge in [0.25, 0.3) is 0 Å². The van der Waals surface area contributed by atoms with Crippen molar-refractivity contribution < 1.29 is 14.3 Å². The quantitative estimate of drug-likeness (QED) is 0.446. The average Bonchev–Trinajstić information content (AvgIpc) is 2.77. The lowest BCUT2D eigenvalue weighted by Gasteiger charge is -2.13. The number of carbonyl (C=O) groups excluding carboxylic acids is 1. The fourth-order valence-electron chi connectivity index (χ4n) is 2.81. The van der Waals surface area contributed by atoms with Crippen LogP contribution in [0.5, 0.6) is 11.5 Å². The number of nitrogens with zero attached hydrogens (tertiary/aromatic N) is 1. The van der Waals surface area contributed by atoms with E-state index < -0.39 is 0 Å². The minimum Gasteiger partial charge on any atom is -0.493 e. The van der Waals surface area contributed by atoms with Crippen LogP contribution in [-0.2, 0) is 0 Å². The van der Waals surface area contributed by atoms with Gasteiger partial charge in [-0.3, -0.25) is 9.79 Å². The van der Waals surface area contributed by atoms with Crippen molar-refractivity contribution in [1.29, 1.82) is 0 Å². The first-order valence-electron chi connectivity index (χ1n) is 10.1. The van der Waals surface area contributed by atoms with Gasteiger partial charge in [0.1, 0.15) is 0 Å². The number of amidine groups is 1. The van der Waals surface area contributed by atoms with Crippen molar-refractivity contribution in [2.45, 2.75) is 20.3 Å². The molecular formula is C24H28N2O3S. The fraction of sp³-hybridized carbons (Fsp3) is 0.333. The molecule has 0 aliphatic carbocycles. The van der Waals surface area contributed by atoms with Crippen LogP contribution in [0.3, 0.4) is 0 Å². The Morgan fingerprint density at radius 1 is 1.20 bits per heavy atom. The second-order valence-electron chi connectivity index (χ2n) is 7.40. The first kappa shape index (κ1) is 22.0. The number of allylic oxidation sites excluding steroid dienone is 1. The van der Waals surface area contributed by atoms with E-state index in [1.54, 1.807) is 31.0 Å². The minimum atomic E-state index is -0.0509. The van der Waals surface area contributed by atoms with Crippen LogP contribution in [0.4, 0.5) is 5.69 Å². The highest BCUT2D eigenvalue weighted by atomic mass is 32.2. The van der Waals surface area contributed by atoms with Crippen molar-refractivity contribution in [2.24, 2.45) is 10.9 Å². The van der Waals surface area contributed by atoms with Gasteiger partial charge in [0.15, 0.2) is 22.4 Å². The largest absolute Gasteiger partial charge is 0.493 e. The van der Waals surface area contributed by atoms with Crippen LogP contribution < -0.4 is 14.8 Å². The molecule has 1 aliphatic rings. The van der Waals surface area contributed by atoms with Crippen molar-refractivity contribution in [3.8, 4) is 11.5 Å². The molecule has 5 nitrogen and oxygen atoms in total. The summed E-state index contributed by atoms with van der Waals surface area (Å²) < 4.78 is 11.2. The molecule has 1 aliphatic heterocycles. The molecule has 1 N–H and O–H groups in total. The maximum Gasteiger partial charge on any atom is 0.185 e. The third kappa shape index (κ3) is 6.39. The van der Waals surface area contributed by atoms with Gasteiger partial charge in [0.2, 0.25) is 0 Å². The lowest BCUT2D eigenvalue weighted by atomic mass is 10.1. The highest BCUT2D eigenvalue weighted by Gasteiger charge is 2.08. The molecule has 2 aromatic carbocycles. The molecule has 0 fully saturated rings. The summed E-state index contributed by atoms with van der Waals surface area (Å²) in [5.74, 6) is 2.83. The molecule has 0 aromatic heterocycles. The normalized spacial score (nSPS) is 13.9. The van der Waals surface area contributed by atoms with Crippen molar-refractivity contribution in [3.05, 3.63) is 59.7 Å². The second kappa shape index (κ2) is 10.9. The van der Waals surface area contributed by atoms with Crippen molar-refractivity contribution >= 4 is 34.5 Å². The molecule has 3 rings (SSSR count). The van der Waals surface area contributed by atoms with Gasteiger partial charge in [-0.25, -0.2) is 0 Å². The molecule has 1 heterocycles. The molecule has 0 radical (unpaired) electrons. The first-order chi connectivity index (χ1) is 14.5. The number of ether oxygens (including phenoxy) is 2. The Hall–Kier alpha value is -2.73. The monoisotopic (exact) mass is 424 g/mol. The van der Waals surface area contributed by atoms with E-state index in [-0.39, 0.29) is 5.78 Å². The topological polar surface area (TPSA) is 59.9 Å². The summed E-state index contributed by atoms with van der Waals surface area (Å²) in [5, 5.41) is 4.24. The van der Waals surface area contributed by atoms with Gasteiger partial charge in [-0.05, 0) is 60.4 Å². The zero-order valence-corrected chi connectivity index (χ0v) is 18.5. The van der Waals surface area contributed by atoms with E-state index in [0.29, 0.717) is 29.6 Å². The molecule has 0 saturated carbocycles. The van der Waals surface area contributed by atoms with Gasteiger partial charge < -0.3 is 14.8 Å². The highest BCUT2D eigenvalue weighted by molar-refractivity contribution is 8.14. The summed E-state index contributed by atoms with van der Waals surface area (Å²) in [6.07, 6.45) is 4.48. The number of ketones is 1. The average molecular weight is 425 g/mol. The Bertz CT molecular complexity index is 921. The maximum atomic E-state index is 12.5. The van der Waals surface area contributed by atoms with Gasteiger partial charge in [-0.15, -0.1) is 0 Å². The van der Waals surface area contributed by atoms with Gasteiger partial charge in [-0.1, -0.05) is 37.8 Å². The van der Waals surface area contributed by atoms with E-state index >= 15 is 0 Å². The number of rotatable bonds is 8. The smallest absolute Gasteiger partial charge is 0.185 e.